The number of aromatic nitrogens is 3. The number of hydrogen-bond donors (Lipinski definition) is 1. The van der Waals surface area contributed by atoms with Crippen LogP contribution in [0, 0.1) is 5.92 Å². The van der Waals surface area contributed by atoms with Gasteiger partial charge in [0.15, 0.2) is 0 Å². The second-order valence-corrected chi connectivity index (χ2v) is 6.87. The molecule has 1 N–H and O–H groups in total. The van der Waals surface area contributed by atoms with Crippen LogP contribution in [0.5, 0.6) is 0 Å². The molecule has 2 atom stereocenters. The minimum atomic E-state index is -0.672. The van der Waals surface area contributed by atoms with E-state index >= 15 is 0 Å². The van der Waals surface area contributed by atoms with E-state index in [2.05, 4.69) is 18.8 Å². The number of nitrogens with zero attached hydrogens (tertiary/aromatic N) is 2. The van der Waals surface area contributed by atoms with Crippen molar-refractivity contribution in [3.8, 4) is 0 Å². The highest BCUT2D eigenvalue weighted by Crippen LogP contribution is 2.18. The van der Waals surface area contributed by atoms with Gasteiger partial charge in [-0.15, -0.1) is 0 Å². The molecule has 0 radical (unpaired) electrons. The van der Waals surface area contributed by atoms with Crippen LogP contribution in [0.2, 0.25) is 0 Å². The molecule has 120 valence electrons. The Labute approximate surface area is 124 Å². The van der Waals surface area contributed by atoms with Crippen LogP contribution in [0.4, 0.5) is 0 Å². The van der Waals surface area contributed by atoms with Crippen LogP contribution >= 0.6 is 0 Å². The third-order valence-electron chi connectivity index (χ3n) is 3.67. The largest absolute Gasteiger partial charge is 0.337 e. The van der Waals surface area contributed by atoms with Gasteiger partial charge in [-0.2, -0.15) is 0 Å². The van der Waals surface area contributed by atoms with Gasteiger partial charge in [0.1, 0.15) is 0 Å². The molecule has 6 heteroatoms. The van der Waals surface area contributed by atoms with Crippen LogP contribution in [0.1, 0.15) is 66.8 Å². The smallest absolute Gasteiger partial charge is 0.259 e. The molecule has 0 aliphatic rings. The van der Waals surface area contributed by atoms with Gasteiger partial charge in [-0.25, -0.2) is 23.5 Å². The molecule has 1 aromatic heterocycles. The van der Waals surface area contributed by atoms with Crippen molar-refractivity contribution in [1.82, 2.24) is 14.1 Å². The van der Waals surface area contributed by atoms with Crippen molar-refractivity contribution >= 4 is 0 Å². The third-order valence-corrected chi connectivity index (χ3v) is 3.67. The fourth-order valence-corrected chi connectivity index (χ4v) is 2.77. The molecule has 6 nitrogen and oxygen atoms in total. The molecule has 0 bridgehead atoms. The Hall–Kier alpha value is -1.59. The third kappa shape index (κ3) is 3.95. The first-order valence-electron chi connectivity index (χ1n) is 7.58. The van der Waals surface area contributed by atoms with Gasteiger partial charge in [0.05, 0.1) is 0 Å². The molecule has 0 aliphatic carbocycles. The second kappa shape index (κ2) is 6.45. The highest BCUT2D eigenvalue weighted by molar-refractivity contribution is 4.85. The van der Waals surface area contributed by atoms with Gasteiger partial charge in [-0.1, -0.05) is 26.7 Å². The fraction of sp³-hybridized carbons (Fsp3) is 0.800. The summed E-state index contributed by atoms with van der Waals surface area (Å²) in [5, 5.41) is 0. The van der Waals surface area contributed by atoms with Crippen LogP contribution in [-0.2, 0) is 5.54 Å². The minimum Gasteiger partial charge on any atom is -0.259 e. The van der Waals surface area contributed by atoms with Crippen molar-refractivity contribution in [2.24, 2.45) is 5.92 Å². The molecule has 21 heavy (non-hydrogen) atoms. The number of hydrogen-bond acceptors (Lipinski definition) is 3. The number of aromatic amines is 1. The lowest BCUT2D eigenvalue weighted by Crippen LogP contribution is -2.55. The Morgan fingerprint density at radius 2 is 1.67 bits per heavy atom. The van der Waals surface area contributed by atoms with Gasteiger partial charge in [0.2, 0.25) is 0 Å². The normalized spacial score (nSPS) is 15.0. The lowest BCUT2D eigenvalue weighted by Gasteiger charge is -2.24. The average molecular weight is 297 g/mol. The highest BCUT2D eigenvalue weighted by atomic mass is 16.2. The quantitative estimate of drug-likeness (QED) is 0.901. The SMILES string of the molecule is CCCC(C)CC(C)n1c(=O)[nH]c(=O)n(C(C)(C)C)c1=O. The van der Waals surface area contributed by atoms with E-state index in [0.29, 0.717) is 5.92 Å². The first kappa shape index (κ1) is 17.5. The van der Waals surface area contributed by atoms with Crippen molar-refractivity contribution < 1.29 is 0 Å². The lowest BCUT2D eigenvalue weighted by molar-refractivity contribution is 0.308. The molecular formula is C15H27N3O3. The summed E-state index contributed by atoms with van der Waals surface area (Å²) in [6, 6.07) is -0.239. The first-order valence-corrected chi connectivity index (χ1v) is 7.58. The fourth-order valence-electron chi connectivity index (χ4n) is 2.77. The van der Waals surface area contributed by atoms with Crippen LogP contribution in [0.15, 0.2) is 14.4 Å². The van der Waals surface area contributed by atoms with Crippen LogP contribution < -0.4 is 17.1 Å². The molecule has 0 spiro atoms. The summed E-state index contributed by atoms with van der Waals surface area (Å²) in [6.45, 7) is 11.4. The van der Waals surface area contributed by atoms with E-state index in [1.165, 1.54) is 4.57 Å². The van der Waals surface area contributed by atoms with E-state index in [4.69, 9.17) is 0 Å². The minimum absolute atomic E-state index is 0.239. The van der Waals surface area contributed by atoms with Crippen LogP contribution in [0.25, 0.3) is 0 Å². The van der Waals surface area contributed by atoms with Crippen molar-refractivity contribution in [3.05, 3.63) is 31.5 Å². The summed E-state index contributed by atoms with van der Waals surface area (Å²) in [6.07, 6.45) is 2.86. The summed E-state index contributed by atoms with van der Waals surface area (Å²) in [7, 11) is 0. The van der Waals surface area contributed by atoms with Gasteiger partial charge in [0.25, 0.3) is 0 Å². The molecule has 0 aromatic carbocycles. The molecular weight excluding hydrogens is 270 g/mol. The van der Waals surface area contributed by atoms with Gasteiger partial charge in [-0.3, -0.25) is 4.98 Å². The zero-order chi connectivity index (χ0) is 16.4. The molecule has 0 saturated heterocycles. The van der Waals surface area contributed by atoms with Crippen molar-refractivity contribution in [2.75, 3.05) is 0 Å². The van der Waals surface area contributed by atoms with Crippen molar-refractivity contribution in [2.45, 2.75) is 72.4 Å². The van der Waals surface area contributed by atoms with E-state index in [9.17, 15) is 14.4 Å². The summed E-state index contributed by atoms with van der Waals surface area (Å²) < 4.78 is 2.27. The number of rotatable bonds is 5. The zero-order valence-electron chi connectivity index (χ0n) is 13.9. The topological polar surface area (TPSA) is 76.9 Å². The predicted molar refractivity (Wildman–Crippen MR) is 84.0 cm³/mol. The maximum atomic E-state index is 12.5. The van der Waals surface area contributed by atoms with Gasteiger partial charge in [-0.05, 0) is 40.0 Å². The van der Waals surface area contributed by atoms with E-state index in [-0.39, 0.29) is 6.04 Å². The molecule has 1 rings (SSSR count). The van der Waals surface area contributed by atoms with Crippen LogP contribution in [-0.4, -0.2) is 14.1 Å². The molecule has 2 unspecified atom stereocenters. The summed E-state index contributed by atoms with van der Waals surface area (Å²) in [5.41, 5.74) is -2.48. The van der Waals surface area contributed by atoms with E-state index in [0.717, 1.165) is 23.8 Å². The maximum Gasteiger partial charge on any atom is 0.337 e. The predicted octanol–water partition coefficient (Wildman–Crippen LogP) is 1.84. The van der Waals surface area contributed by atoms with Gasteiger partial charge < -0.3 is 0 Å². The Kier molecular flexibility index (Phi) is 5.36. The monoisotopic (exact) mass is 297 g/mol. The van der Waals surface area contributed by atoms with E-state index < -0.39 is 22.6 Å². The van der Waals surface area contributed by atoms with Crippen molar-refractivity contribution in [1.29, 1.82) is 0 Å². The zero-order valence-corrected chi connectivity index (χ0v) is 13.9. The van der Waals surface area contributed by atoms with Crippen molar-refractivity contribution in [3.63, 3.8) is 0 Å². The lowest BCUT2D eigenvalue weighted by atomic mass is 9.98. The molecule has 0 saturated carbocycles. The Morgan fingerprint density at radius 1 is 1.10 bits per heavy atom. The average Bonchev–Trinajstić information content (AvgIpc) is 2.25. The van der Waals surface area contributed by atoms with E-state index in [1.807, 2.05) is 6.92 Å². The van der Waals surface area contributed by atoms with E-state index in [1.54, 1.807) is 20.8 Å². The Balaban J connectivity index is 3.35. The van der Waals surface area contributed by atoms with Gasteiger partial charge >= 0.3 is 17.1 Å². The summed E-state index contributed by atoms with van der Waals surface area (Å²) >= 11 is 0. The number of nitrogens with one attached hydrogen (secondary N) is 1. The first-order chi connectivity index (χ1) is 9.59. The Bertz CT molecular complexity index is 646. The molecule has 0 amide bonds. The molecule has 0 aliphatic heterocycles. The Morgan fingerprint density at radius 3 is 2.14 bits per heavy atom. The van der Waals surface area contributed by atoms with Crippen LogP contribution in [0.3, 0.4) is 0 Å². The highest BCUT2D eigenvalue weighted by Gasteiger charge is 2.23. The standard InChI is InChI=1S/C15H27N3O3/c1-7-8-10(2)9-11(3)17-12(19)16-13(20)18(14(17)21)15(4,5)6/h10-11H,7-9H2,1-6H3,(H,16,19,20). The molecule has 0 fully saturated rings. The molecule has 1 heterocycles. The second-order valence-electron chi connectivity index (χ2n) is 6.87. The summed E-state index contributed by atoms with van der Waals surface area (Å²) in [4.78, 5) is 38.7. The summed E-state index contributed by atoms with van der Waals surface area (Å²) in [5.74, 6) is 0.423. The molecule has 1 aromatic rings. The maximum absolute atomic E-state index is 12.5. The number of H-pyrrole nitrogens is 1. The van der Waals surface area contributed by atoms with Gasteiger partial charge in [0, 0.05) is 11.6 Å².